The Labute approximate surface area is 169 Å². The van der Waals surface area contributed by atoms with E-state index in [0.29, 0.717) is 6.04 Å². The van der Waals surface area contributed by atoms with Gasteiger partial charge in [-0.2, -0.15) is 0 Å². The second-order valence-electron chi connectivity index (χ2n) is 10.3. The van der Waals surface area contributed by atoms with Gasteiger partial charge in [-0.1, -0.05) is 45.9 Å². The predicted molar refractivity (Wildman–Crippen MR) is 118 cm³/mol. The molecule has 0 aliphatic carbocycles. The van der Waals surface area contributed by atoms with Crippen LogP contribution in [0.2, 0.25) is 0 Å². The molecule has 0 radical (unpaired) electrons. The second kappa shape index (κ2) is 4.87. The summed E-state index contributed by atoms with van der Waals surface area (Å²) in [5.41, 5.74) is 10.1. The normalized spacial score (nSPS) is 27.0. The zero-order valence-electron chi connectivity index (χ0n) is 18.8. The summed E-state index contributed by atoms with van der Waals surface area (Å²) in [6, 6.07) is 9.48. The molecule has 3 heteroatoms. The lowest BCUT2D eigenvalue weighted by Crippen LogP contribution is -2.62. The van der Waals surface area contributed by atoms with Crippen molar-refractivity contribution >= 4 is 16.7 Å². The monoisotopic (exact) mass is 375 g/mol. The van der Waals surface area contributed by atoms with E-state index in [1.54, 1.807) is 0 Å². The molecule has 28 heavy (non-hydrogen) atoms. The first-order valence-corrected chi connectivity index (χ1v) is 10.5. The number of hydrogen-bond acceptors (Lipinski definition) is 1. The number of para-hydroxylation sites is 1. The van der Waals surface area contributed by atoms with Gasteiger partial charge in [0.15, 0.2) is 0 Å². The minimum atomic E-state index is -0.0852. The fourth-order valence-corrected chi connectivity index (χ4v) is 6.59. The average molecular weight is 376 g/mol. The van der Waals surface area contributed by atoms with E-state index in [2.05, 4.69) is 107 Å². The first kappa shape index (κ1) is 17.9. The third-order valence-corrected chi connectivity index (χ3v) is 8.94. The maximum absolute atomic E-state index is 2.75. The Balaban J connectivity index is 1.97. The highest BCUT2D eigenvalue weighted by molar-refractivity contribution is 5.88. The lowest BCUT2D eigenvalue weighted by Gasteiger charge is -2.62. The number of hydrogen-bond donors (Lipinski definition) is 0. The van der Waals surface area contributed by atoms with Gasteiger partial charge in [-0.25, -0.2) is 0 Å². The van der Waals surface area contributed by atoms with Gasteiger partial charge in [-0.3, -0.25) is 0 Å². The Hall–Kier alpha value is -2.16. The summed E-state index contributed by atoms with van der Waals surface area (Å²) < 4.78 is 4.78. The molecule has 2 aliphatic heterocycles. The van der Waals surface area contributed by atoms with E-state index in [9.17, 15) is 0 Å². The number of fused-ring (bicyclic) bond motifs is 7. The van der Waals surface area contributed by atoms with Crippen LogP contribution >= 0.6 is 0 Å². The van der Waals surface area contributed by atoms with Crippen molar-refractivity contribution < 1.29 is 0 Å². The molecular formula is C25H33N3. The molecule has 1 aromatic carbocycles. The minimum Gasteiger partial charge on any atom is -0.353 e. The lowest BCUT2D eigenvalue weighted by atomic mass is 9.52. The molecule has 1 unspecified atom stereocenters. The molecule has 0 bridgehead atoms. The molecule has 0 spiro atoms. The molecule has 148 valence electrons. The topological polar surface area (TPSA) is 13.1 Å². The molecule has 4 heterocycles. The van der Waals surface area contributed by atoms with Crippen molar-refractivity contribution in [1.29, 1.82) is 0 Å². The van der Waals surface area contributed by atoms with Crippen molar-refractivity contribution in [3.05, 3.63) is 52.8 Å². The highest BCUT2D eigenvalue weighted by atomic mass is 15.3. The lowest BCUT2D eigenvalue weighted by molar-refractivity contribution is 0.0608. The van der Waals surface area contributed by atoms with Crippen LogP contribution in [0.5, 0.6) is 0 Å². The van der Waals surface area contributed by atoms with E-state index in [0.717, 1.165) is 0 Å². The van der Waals surface area contributed by atoms with Crippen LogP contribution in [0.25, 0.3) is 11.0 Å². The van der Waals surface area contributed by atoms with Crippen molar-refractivity contribution in [2.45, 2.75) is 65.5 Å². The van der Waals surface area contributed by atoms with Crippen molar-refractivity contribution in [2.24, 2.45) is 19.5 Å². The summed E-state index contributed by atoms with van der Waals surface area (Å²) in [4.78, 5) is 2.75. The Morgan fingerprint density at radius 1 is 0.964 bits per heavy atom. The van der Waals surface area contributed by atoms with E-state index in [1.165, 1.54) is 39.1 Å². The number of aryl methyl sites for hydroxylation is 3. The van der Waals surface area contributed by atoms with E-state index in [4.69, 9.17) is 0 Å². The molecule has 2 aliphatic rings. The Morgan fingerprint density at radius 3 is 2.32 bits per heavy atom. The van der Waals surface area contributed by atoms with Crippen LogP contribution in [0.3, 0.4) is 0 Å². The SMILES string of the molecule is Cc1cccc2c1N1[C@@H](C)c3c(n(C)c4ccn(C)c34)C1(C)C(C)(C)C2(C)C. The van der Waals surface area contributed by atoms with Crippen LogP contribution in [0, 0.1) is 12.3 Å². The molecule has 0 N–H and O–H groups in total. The first-order chi connectivity index (χ1) is 13.0. The third-order valence-electron chi connectivity index (χ3n) is 8.94. The fourth-order valence-electron chi connectivity index (χ4n) is 6.59. The van der Waals surface area contributed by atoms with Gasteiger partial charge in [0.05, 0.1) is 28.3 Å². The van der Waals surface area contributed by atoms with Crippen LogP contribution < -0.4 is 4.90 Å². The van der Waals surface area contributed by atoms with Crippen molar-refractivity contribution in [3.8, 4) is 0 Å². The van der Waals surface area contributed by atoms with Gasteiger partial charge in [-0.15, -0.1) is 0 Å². The molecule has 0 saturated carbocycles. The standard InChI is InChI=1S/C25H33N3/c1-15-11-10-12-17-20(15)28-16(2)19-21-18(13-14-26(21)8)27(9)22(19)25(28,7)24(5,6)23(17,3)4/h10-14,16H,1-9H3/t16-,25?/m0/s1. The van der Waals surface area contributed by atoms with Gasteiger partial charge in [0.1, 0.15) is 0 Å². The molecule has 0 amide bonds. The summed E-state index contributed by atoms with van der Waals surface area (Å²) in [5.74, 6) is 0. The van der Waals surface area contributed by atoms with Crippen LogP contribution in [-0.2, 0) is 25.0 Å². The van der Waals surface area contributed by atoms with E-state index < -0.39 is 0 Å². The number of aromatic nitrogens is 2. The summed E-state index contributed by atoms with van der Waals surface area (Å²) in [6.07, 6.45) is 2.20. The van der Waals surface area contributed by atoms with Crippen LogP contribution in [0.15, 0.2) is 30.5 Å². The average Bonchev–Trinajstić information content (AvgIpc) is 3.20. The zero-order valence-corrected chi connectivity index (χ0v) is 18.8. The Morgan fingerprint density at radius 2 is 1.64 bits per heavy atom. The fraction of sp³-hybridized carbons (Fsp3) is 0.520. The molecule has 2 atom stereocenters. The van der Waals surface area contributed by atoms with Gasteiger partial charge in [0.25, 0.3) is 0 Å². The molecular weight excluding hydrogens is 342 g/mol. The van der Waals surface area contributed by atoms with Gasteiger partial charge in [0, 0.05) is 37.0 Å². The van der Waals surface area contributed by atoms with Crippen molar-refractivity contribution in [1.82, 2.24) is 9.13 Å². The van der Waals surface area contributed by atoms with Crippen LogP contribution in [-0.4, -0.2) is 9.13 Å². The van der Waals surface area contributed by atoms with Gasteiger partial charge in [-0.05, 0) is 43.4 Å². The third kappa shape index (κ3) is 1.58. The highest BCUT2D eigenvalue weighted by Crippen LogP contribution is 2.68. The Bertz CT molecular complexity index is 1140. The van der Waals surface area contributed by atoms with Crippen LogP contribution in [0.1, 0.15) is 70.0 Å². The first-order valence-electron chi connectivity index (χ1n) is 10.5. The van der Waals surface area contributed by atoms with E-state index >= 15 is 0 Å². The quantitative estimate of drug-likeness (QED) is 0.474. The number of anilines is 1. The summed E-state index contributed by atoms with van der Waals surface area (Å²) >= 11 is 0. The van der Waals surface area contributed by atoms with Gasteiger partial charge in [0.2, 0.25) is 0 Å². The molecule has 0 fully saturated rings. The minimum absolute atomic E-state index is 0.0441. The molecule has 0 saturated heterocycles. The van der Waals surface area contributed by atoms with Crippen molar-refractivity contribution in [3.63, 3.8) is 0 Å². The largest absolute Gasteiger partial charge is 0.353 e. The molecule has 3 nitrogen and oxygen atoms in total. The summed E-state index contributed by atoms with van der Waals surface area (Å²) in [6.45, 7) is 17.0. The number of rotatable bonds is 0. The molecule has 2 aromatic heterocycles. The molecule has 3 aromatic rings. The number of benzene rings is 1. The van der Waals surface area contributed by atoms with E-state index in [1.807, 2.05) is 0 Å². The second-order valence-corrected chi connectivity index (χ2v) is 10.3. The van der Waals surface area contributed by atoms with Gasteiger partial charge >= 0.3 is 0 Å². The maximum atomic E-state index is 2.75. The number of nitrogens with zero attached hydrogens (tertiary/aromatic N) is 3. The van der Waals surface area contributed by atoms with Crippen LogP contribution in [0.4, 0.5) is 5.69 Å². The van der Waals surface area contributed by atoms with Gasteiger partial charge < -0.3 is 14.0 Å². The Kier molecular flexibility index (Phi) is 3.11. The smallest absolute Gasteiger partial charge is 0.0845 e. The van der Waals surface area contributed by atoms with E-state index in [-0.39, 0.29) is 16.4 Å². The highest BCUT2D eigenvalue weighted by Gasteiger charge is 2.65. The summed E-state index contributed by atoms with van der Waals surface area (Å²) in [5, 5.41) is 0. The predicted octanol–water partition coefficient (Wildman–Crippen LogP) is 5.94. The van der Waals surface area contributed by atoms with Crippen molar-refractivity contribution in [2.75, 3.05) is 4.90 Å². The zero-order chi connectivity index (χ0) is 20.4. The summed E-state index contributed by atoms with van der Waals surface area (Å²) in [7, 11) is 4.45. The maximum Gasteiger partial charge on any atom is 0.0845 e. The molecule has 5 rings (SSSR count).